The van der Waals surface area contributed by atoms with Gasteiger partial charge in [-0.3, -0.25) is 4.79 Å². The van der Waals surface area contributed by atoms with Crippen molar-refractivity contribution < 1.29 is 14.6 Å². The van der Waals surface area contributed by atoms with E-state index in [1.54, 1.807) is 0 Å². The van der Waals surface area contributed by atoms with Crippen molar-refractivity contribution >= 4 is 5.97 Å². The molecule has 1 saturated carbocycles. The molecular formula is C9H16O3. The smallest absolute Gasteiger partial charge is 0.309 e. The van der Waals surface area contributed by atoms with Gasteiger partial charge in [0, 0.05) is 6.61 Å². The van der Waals surface area contributed by atoms with E-state index in [0.29, 0.717) is 6.61 Å². The molecule has 1 fully saturated rings. The summed E-state index contributed by atoms with van der Waals surface area (Å²) in [5.74, 6) is 0.0495. The SMILES string of the molecule is CCCCOC(=O)C1CC1CO. The zero-order valence-electron chi connectivity index (χ0n) is 7.45. The summed E-state index contributed by atoms with van der Waals surface area (Å²) in [5.41, 5.74) is 0. The molecular weight excluding hydrogens is 156 g/mol. The van der Waals surface area contributed by atoms with Crippen LogP contribution >= 0.6 is 0 Å². The number of carbonyl (C=O) groups is 1. The van der Waals surface area contributed by atoms with Crippen LogP contribution in [0.15, 0.2) is 0 Å². The van der Waals surface area contributed by atoms with E-state index >= 15 is 0 Å². The second-order valence-electron chi connectivity index (χ2n) is 3.31. The molecule has 3 nitrogen and oxygen atoms in total. The number of hydrogen-bond acceptors (Lipinski definition) is 3. The van der Waals surface area contributed by atoms with Crippen LogP contribution in [0.2, 0.25) is 0 Å². The lowest BCUT2D eigenvalue weighted by Gasteiger charge is -2.01. The molecule has 1 rings (SSSR count). The Bertz CT molecular complexity index is 156. The van der Waals surface area contributed by atoms with E-state index in [-0.39, 0.29) is 24.4 Å². The van der Waals surface area contributed by atoms with Crippen LogP contribution in [0.4, 0.5) is 0 Å². The van der Waals surface area contributed by atoms with Crippen molar-refractivity contribution in [1.29, 1.82) is 0 Å². The van der Waals surface area contributed by atoms with Crippen molar-refractivity contribution in [3.8, 4) is 0 Å². The summed E-state index contributed by atoms with van der Waals surface area (Å²) >= 11 is 0. The number of rotatable bonds is 5. The Balaban J connectivity index is 2.05. The lowest BCUT2D eigenvalue weighted by molar-refractivity contribution is -0.145. The highest BCUT2D eigenvalue weighted by molar-refractivity contribution is 5.75. The van der Waals surface area contributed by atoms with Gasteiger partial charge in [-0.1, -0.05) is 13.3 Å². The largest absolute Gasteiger partial charge is 0.465 e. The van der Waals surface area contributed by atoms with Gasteiger partial charge in [0.2, 0.25) is 0 Å². The molecule has 2 unspecified atom stereocenters. The van der Waals surface area contributed by atoms with E-state index in [9.17, 15) is 4.79 Å². The molecule has 0 aromatic carbocycles. The summed E-state index contributed by atoms with van der Waals surface area (Å²) in [7, 11) is 0. The molecule has 0 spiro atoms. The number of aliphatic hydroxyl groups is 1. The minimum absolute atomic E-state index is 0.00754. The molecule has 1 aliphatic rings. The van der Waals surface area contributed by atoms with Crippen molar-refractivity contribution in [3.63, 3.8) is 0 Å². The summed E-state index contributed by atoms with van der Waals surface area (Å²) in [4.78, 5) is 11.1. The molecule has 0 aromatic heterocycles. The van der Waals surface area contributed by atoms with Gasteiger partial charge in [0.1, 0.15) is 0 Å². The second kappa shape index (κ2) is 4.45. The Morgan fingerprint density at radius 3 is 2.92 bits per heavy atom. The monoisotopic (exact) mass is 172 g/mol. The first-order valence-electron chi connectivity index (χ1n) is 4.57. The first-order chi connectivity index (χ1) is 5.79. The Hall–Kier alpha value is -0.570. The quantitative estimate of drug-likeness (QED) is 0.496. The lowest BCUT2D eigenvalue weighted by atomic mass is 10.3. The molecule has 1 aliphatic carbocycles. The minimum Gasteiger partial charge on any atom is -0.465 e. The zero-order chi connectivity index (χ0) is 8.97. The number of carbonyl (C=O) groups excluding carboxylic acids is 1. The van der Waals surface area contributed by atoms with E-state index in [4.69, 9.17) is 9.84 Å². The maximum Gasteiger partial charge on any atom is 0.309 e. The number of ether oxygens (including phenoxy) is 1. The van der Waals surface area contributed by atoms with Crippen LogP contribution in [0.25, 0.3) is 0 Å². The van der Waals surface area contributed by atoms with Crippen LogP contribution in [0, 0.1) is 11.8 Å². The van der Waals surface area contributed by atoms with Gasteiger partial charge in [-0.05, 0) is 18.8 Å². The zero-order valence-corrected chi connectivity index (χ0v) is 7.45. The number of unbranched alkanes of at least 4 members (excludes halogenated alkanes) is 1. The molecule has 12 heavy (non-hydrogen) atoms. The van der Waals surface area contributed by atoms with Gasteiger partial charge >= 0.3 is 5.97 Å². The molecule has 1 N–H and O–H groups in total. The summed E-state index contributed by atoms with van der Waals surface area (Å²) in [6, 6.07) is 0. The maximum absolute atomic E-state index is 11.1. The molecule has 70 valence electrons. The van der Waals surface area contributed by atoms with Gasteiger partial charge in [-0.2, -0.15) is 0 Å². The van der Waals surface area contributed by atoms with Crippen LogP contribution < -0.4 is 0 Å². The number of hydrogen-bond donors (Lipinski definition) is 1. The average molecular weight is 172 g/mol. The predicted octanol–water partition coefficient (Wildman–Crippen LogP) is 0.958. The minimum atomic E-state index is -0.123. The second-order valence-corrected chi connectivity index (χ2v) is 3.31. The van der Waals surface area contributed by atoms with Crippen LogP contribution in [0.3, 0.4) is 0 Å². The van der Waals surface area contributed by atoms with E-state index in [1.807, 2.05) is 0 Å². The molecule has 0 radical (unpaired) electrons. The van der Waals surface area contributed by atoms with Crippen molar-refractivity contribution in [3.05, 3.63) is 0 Å². The Kier molecular flexibility index (Phi) is 3.53. The van der Waals surface area contributed by atoms with Gasteiger partial charge < -0.3 is 9.84 Å². The van der Waals surface area contributed by atoms with Gasteiger partial charge in [-0.25, -0.2) is 0 Å². The maximum atomic E-state index is 11.1. The molecule has 0 bridgehead atoms. The van der Waals surface area contributed by atoms with Crippen molar-refractivity contribution in [2.45, 2.75) is 26.2 Å². The summed E-state index contributed by atoms with van der Waals surface area (Å²) in [5, 5.41) is 8.69. The molecule has 0 saturated heterocycles. The molecule has 2 atom stereocenters. The standard InChI is InChI=1S/C9H16O3/c1-2-3-4-12-9(11)8-5-7(8)6-10/h7-8,10H,2-6H2,1H3. The number of esters is 1. The number of aliphatic hydroxyl groups excluding tert-OH is 1. The molecule has 0 aromatic rings. The van der Waals surface area contributed by atoms with Crippen LogP contribution in [-0.2, 0) is 9.53 Å². The summed E-state index contributed by atoms with van der Waals surface area (Å²) in [6.07, 6.45) is 2.78. The normalized spacial score (nSPS) is 26.8. The fourth-order valence-corrected chi connectivity index (χ4v) is 1.16. The highest BCUT2D eigenvalue weighted by atomic mass is 16.5. The topological polar surface area (TPSA) is 46.5 Å². The van der Waals surface area contributed by atoms with Gasteiger partial charge in [0.25, 0.3) is 0 Å². The Morgan fingerprint density at radius 2 is 2.42 bits per heavy atom. The fourth-order valence-electron chi connectivity index (χ4n) is 1.16. The third-order valence-corrected chi connectivity index (χ3v) is 2.20. The Labute approximate surface area is 72.7 Å². The van der Waals surface area contributed by atoms with Crippen molar-refractivity contribution in [2.75, 3.05) is 13.2 Å². The van der Waals surface area contributed by atoms with Gasteiger partial charge in [-0.15, -0.1) is 0 Å². The van der Waals surface area contributed by atoms with Crippen LogP contribution in [0.5, 0.6) is 0 Å². The van der Waals surface area contributed by atoms with E-state index < -0.39 is 0 Å². The highest BCUT2D eigenvalue weighted by Gasteiger charge is 2.43. The van der Waals surface area contributed by atoms with Crippen molar-refractivity contribution in [2.24, 2.45) is 11.8 Å². The molecule has 0 heterocycles. The van der Waals surface area contributed by atoms with Gasteiger partial charge in [0.15, 0.2) is 0 Å². The van der Waals surface area contributed by atoms with E-state index in [1.165, 1.54) is 0 Å². The van der Waals surface area contributed by atoms with E-state index in [0.717, 1.165) is 19.3 Å². The first-order valence-corrected chi connectivity index (χ1v) is 4.57. The van der Waals surface area contributed by atoms with E-state index in [2.05, 4.69) is 6.92 Å². The third kappa shape index (κ3) is 2.48. The fraction of sp³-hybridized carbons (Fsp3) is 0.889. The Morgan fingerprint density at radius 1 is 1.67 bits per heavy atom. The van der Waals surface area contributed by atoms with Crippen molar-refractivity contribution in [1.82, 2.24) is 0 Å². The predicted molar refractivity (Wildman–Crippen MR) is 44.5 cm³/mol. The molecule has 0 aliphatic heterocycles. The van der Waals surface area contributed by atoms with Crippen LogP contribution in [0.1, 0.15) is 26.2 Å². The lowest BCUT2D eigenvalue weighted by Crippen LogP contribution is -2.09. The highest BCUT2D eigenvalue weighted by Crippen LogP contribution is 2.38. The van der Waals surface area contributed by atoms with Crippen LogP contribution in [-0.4, -0.2) is 24.3 Å². The molecule has 0 amide bonds. The van der Waals surface area contributed by atoms with Gasteiger partial charge in [0.05, 0.1) is 12.5 Å². The molecule has 3 heteroatoms. The summed E-state index contributed by atoms with van der Waals surface area (Å²) < 4.78 is 4.99. The first kappa shape index (κ1) is 9.52. The third-order valence-electron chi connectivity index (χ3n) is 2.20. The summed E-state index contributed by atoms with van der Waals surface area (Å²) in [6.45, 7) is 2.71. The average Bonchev–Trinajstić information content (AvgIpc) is 2.83.